The van der Waals surface area contributed by atoms with Crippen molar-refractivity contribution in [2.75, 3.05) is 6.54 Å². The Kier molecular flexibility index (Phi) is 3.84. The van der Waals surface area contributed by atoms with Crippen molar-refractivity contribution in [3.63, 3.8) is 0 Å². The minimum atomic E-state index is 0.0480. The van der Waals surface area contributed by atoms with Crippen LogP contribution in [0.1, 0.15) is 68.1 Å². The van der Waals surface area contributed by atoms with E-state index in [1.54, 1.807) is 0 Å². The summed E-state index contributed by atoms with van der Waals surface area (Å²) in [5.74, 6) is 2.82. The summed E-state index contributed by atoms with van der Waals surface area (Å²) in [6.45, 7) is 3.01. The number of amides is 1. The zero-order valence-electron chi connectivity index (χ0n) is 15.7. The topological polar surface area (TPSA) is 46.4 Å². The lowest BCUT2D eigenvalue weighted by atomic mass is 9.49. The molecule has 6 rings (SSSR count). The second kappa shape index (κ2) is 6.11. The molecule has 0 saturated heterocycles. The van der Waals surface area contributed by atoms with E-state index in [2.05, 4.69) is 17.2 Å². The zero-order valence-corrected chi connectivity index (χ0v) is 15.7. The molecule has 26 heavy (non-hydrogen) atoms. The minimum absolute atomic E-state index is 0.0480. The average Bonchev–Trinajstić information content (AvgIpc) is 3.01. The summed E-state index contributed by atoms with van der Waals surface area (Å²) < 4.78 is 1.96. The summed E-state index contributed by atoms with van der Waals surface area (Å²) in [5.41, 5.74) is 3.02. The molecule has 0 unspecified atom stereocenters. The van der Waals surface area contributed by atoms with Crippen LogP contribution in [0.25, 0.3) is 5.65 Å². The summed E-state index contributed by atoms with van der Waals surface area (Å²) in [6.07, 6.45) is 12.4. The molecule has 4 nitrogen and oxygen atoms in total. The standard InChI is InChI=1S/C22H29N3O/c1-2-4-18-13-25-19(5-3-6-20(25)24-18)21(26)23-14-22-10-15-7-16(11-22)9-17(8-15)12-22/h3,5-6,13,15-17H,2,4,7-12,14H2,1H3,(H,23,26). The molecular weight excluding hydrogens is 322 g/mol. The van der Waals surface area contributed by atoms with E-state index >= 15 is 0 Å². The van der Waals surface area contributed by atoms with Crippen molar-refractivity contribution < 1.29 is 4.79 Å². The van der Waals surface area contributed by atoms with E-state index in [4.69, 9.17) is 0 Å². The molecule has 2 aromatic heterocycles. The lowest BCUT2D eigenvalue weighted by Gasteiger charge is -2.56. The van der Waals surface area contributed by atoms with Gasteiger partial charge in [-0.3, -0.25) is 9.20 Å². The molecule has 0 atom stereocenters. The molecule has 1 N–H and O–H groups in total. The van der Waals surface area contributed by atoms with Gasteiger partial charge in [-0.15, -0.1) is 0 Å². The number of fused-ring (bicyclic) bond motifs is 1. The highest BCUT2D eigenvalue weighted by molar-refractivity contribution is 5.93. The largest absolute Gasteiger partial charge is 0.350 e. The molecule has 4 aliphatic carbocycles. The number of carbonyl (C=O) groups excluding carboxylic acids is 1. The van der Waals surface area contributed by atoms with Gasteiger partial charge in [-0.05, 0) is 80.2 Å². The monoisotopic (exact) mass is 351 g/mol. The fourth-order valence-electron chi connectivity index (χ4n) is 6.49. The van der Waals surface area contributed by atoms with Crippen LogP contribution in [0, 0.1) is 23.2 Å². The average molecular weight is 351 g/mol. The maximum atomic E-state index is 13.0. The fraction of sp³-hybridized carbons (Fsp3) is 0.636. The van der Waals surface area contributed by atoms with E-state index in [-0.39, 0.29) is 5.91 Å². The van der Waals surface area contributed by atoms with E-state index in [1.807, 2.05) is 28.8 Å². The minimum Gasteiger partial charge on any atom is -0.350 e. The van der Waals surface area contributed by atoms with Gasteiger partial charge in [-0.2, -0.15) is 0 Å². The van der Waals surface area contributed by atoms with E-state index in [0.29, 0.717) is 11.1 Å². The molecule has 4 aliphatic rings. The second-order valence-corrected chi connectivity index (χ2v) is 9.22. The normalized spacial score (nSPS) is 32.3. The second-order valence-electron chi connectivity index (χ2n) is 9.22. The third kappa shape index (κ3) is 2.74. The molecule has 2 aromatic rings. The van der Waals surface area contributed by atoms with E-state index in [9.17, 15) is 4.79 Å². The molecule has 0 aliphatic heterocycles. The summed E-state index contributed by atoms with van der Waals surface area (Å²) in [4.78, 5) is 17.6. The smallest absolute Gasteiger partial charge is 0.268 e. The number of rotatable bonds is 5. The molecular formula is C22H29N3O. The number of nitrogens with one attached hydrogen (secondary N) is 1. The fourth-order valence-corrected chi connectivity index (χ4v) is 6.49. The number of nitrogens with zero attached hydrogens (tertiary/aromatic N) is 2. The SMILES string of the molecule is CCCc1cn2c(C(=O)NCC34CC5CC(CC(C5)C3)C4)cccc2n1. The molecule has 4 bridgehead atoms. The van der Waals surface area contributed by atoms with Gasteiger partial charge in [0.05, 0.1) is 5.69 Å². The maximum absolute atomic E-state index is 13.0. The molecule has 138 valence electrons. The first kappa shape index (κ1) is 16.3. The van der Waals surface area contributed by atoms with Gasteiger partial charge >= 0.3 is 0 Å². The van der Waals surface area contributed by atoms with Gasteiger partial charge in [0.25, 0.3) is 5.91 Å². The molecule has 2 heterocycles. The lowest BCUT2D eigenvalue weighted by molar-refractivity contribution is -0.0503. The number of aryl methyl sites for hydroxylation is 1. The van der Waals surface area contributed by atoms with E-state index in [0.717, 1.165) is 48.5 Å². The van der Waals surface area contributed by atoms with Gasteiger partial charge in [0, 0.05) is 12.7 Å². The number of pyridine rings is 1. The van der Waals surface area contributed by atoms with Gasteiger partial charge in [-0.25, -0.2) is 4.98 Å². The quantitative estimate of drug-likeness (QED) is 0.876. The lowest BCUT2D eigenvalue weighted by Crippen LogP contribution is -2.51. The Morgan fingerprint density at radius 1 is 1.19 bits per heavy atom. The number of hydrogen-bond donors (Lipinski definition) is 1. The highest BCUT2D eigenvalue weighted by atomic mass is 16.1. The van der Waals surface area contributed by atoms with Crippen LogP contribution in [0.2, 0.25) is 0 Å². The third-order valence-electron chi connectivity index (χ3n) is 7.07. The van der Waals surface area contributed by atoms with Crippen LogP contribution in [0.15, 0.2) is 24.4 Å². The van der Waals surface area contributed by atoms with Crippen molar-refractivity contribution in [3.8, 4) is 0 Å². The van der Waals surface area contributed by atoms with Crippen molar-refractivity contribution >= 4 is 11.6 Å². The number of hydrogen-bond acceptors (Lipinski definition) is 2. The molecule has 0 radical (unpaired) electrons. The Hall–Kier alpha value is -1.84. The predicted octanol–water partition coefficient (Wildman–Crippen LogP) is 4.23. The van der Waals surface area contributed by atoms with Crippen LogP contribution >= 0.6 is 0 Å². The Balaban J connectivity index is 1.34. The van der Waals surface area contributed by atoms with Gasteiger partial charge in [0.15, 0.2) is 0 Å². The van der Waals surface area contributed by atoms with Crippen LogP contribution in [0.3, 0.4) is 0 Å². The summed E-state index contributed by atoms with van der Waals surface area (Å²) in [7, 11) is 0. The van der Waals surface area contributed by atoms with Crippen LogP contribution in [-0.4, -0.2) is 21.8 Å². The van der Waals surface area contributed by atoms with Crippen LogP contribution < -0.4 is 5.32 Å². The van der Waals surface area contributed by atoms with Gasteiger partial charge in [-0.1, -0.05) is 19.4 Å². The van der Waals surface area contributed by atoms with Gasteiger partial charge in [0.1, 0.15) is 11.3 Å². The summed E-state index contributed by atoms with van der Waals surface area (Å²) in [6, 6.07) is 5.84. The Morgan fingerprint density at radius 3 is 2.54 bits per heavy atom. The first-order chi connectivity index (χ1) is 12.6. The predicted molar refractivity (Wildman–Crippen MR) is 102 cm³/mol. The Morgan fingerprint density at radius 2 is 1.88 bits per heavy atom. The van der Waals surface area contributed by atoms with Crippen LogP contribution in [-0.2, 0) is 6.42 Å². The highest BCUT2D eigenvalue weighted by Crippen LogP contribution is 2.59. The number of imidazole rings is 1. The van der Waals surface area contributed by atoms with Crippen molar-refractivity contribution in [1.82, 2.24) is 14.7 Å². The number of carbonyl (C=O) groups is 1. The number of aromatic nitrogens is 2. The van der Waals surface area contributed by atoms with Crippen molar-refractivity contribution in [3.05, 3.63) is 35.8 Å². The third-order valence-corrected chi connectivity index (χ3v) is 7.07. The zero-order chi connectivity index (χ0) is 17.7. The molecule has 4 saturated carbocycles. The van der Waals surface area contributed by atoms with Gasteiger partial charge < -0.3 is 5.32 Å². The van der Waals surface area contributed by atoms with E-state index < -0.39 is 0 Å². The molecule has 1 amide bonds. The van der Waals surface area contributed by atoms with Crippen molar-refractivity contribution in [2.45, 2.75) is 58.3 Å². The molecule has 0 spiro atoms. The van der Waals surface area contributed by atoms with Crippen molar-refractivity contribution in [2.24, 2.45) is 23.2 Å². The van der Waals surface area contributed by atoms with Crippen LogP contribution in [0.5, 0.6) is 0 Å². The highest BCUT2D eigenvalue weighted by Gasteiger charge is 2.50. The van der Waals surface area contributed by atoms with Gasteiger partial charge in [0.2, 0.25) is 0 Å². The summed E-state index contributed by atoms with van der Waals surface area (Å²) >= 11 is 0. The Bertz CT molecular complexity index is 802. The van der Waals surface area contributed by atoms with E-state index in [1.165, 1.54) is 38.5 Å². The molecule has 0 aromatic carbocycles. The Labute approximate surface area is 155 Å². The molecule has 4 heteroatoms. The maximum Gasteiger partial charge on any atom is 0.268 e. The first-order valence-electron chi connectivity index (χ1n) is 10.4. The molecule has 4 fully saturated rings. The summed E-state index contributed by atoms with van der Waals surface area (Å²) in [5, 5.41) is 3.30. The van der Waals surface area contributed by atoms with Crippen LogP contribution in [0.4, 0.5) is 0 Å². The first-order valence-corrected chi connectivity index (χ1v) is 10.4. The van der Waals surface area contributed by atoms with Crippen molar-refractivity contribution in [1.29, 1.82) is 0 Å².